The number of rotatable bonds is 3. The van der Waals surface area contributed by atoms with Crippen molar-refractivity contribution in [2.45, 2.75) is 13.5 Å². The molecule has 1 atom stereocenters. The van der Waals surface area contributed by atoms with E-state index < -0.39 is 0 Å². The van der Waals surface area contributed by atoms with E-state index in [0.717, 1.165) is 22.3 Å². The highest BCUT2D eigenvalue weighted by Crippen LogP contribution is 2.24. The second-order valence-electron chi connectivity index (χ2n) is 3.90. The van der Waals surface area contributed by atoms with Gasteiger partial charge in [0.15, 0.2) is 0 Å². The maximum atomic E-state index is 6.12. The summed E-state index contributed by atoms with van der Waals surface area (Å²) in [7, 11) is 0. The second-order valence-corrected chi connectivity index (χ2v) is 4.95. The fourth-order valence-electron chi connectivity index (χ4n) is 1.73. The first-order chi connectivity index (χ1) is 7.22. The van der Waals surface area contributed by atoms with Crippen LogP contribution in [0.5, 0.6) is 0 Å². The molecule has 1 aromatic heterocycles. The Bertz CT molecular complexity index is 464. The van der Waals surface area contributed by atoms with Crippen molar-refractivity contribution in [3.8, 4) is 0 Å². The van der Waals surface area contributed by atoms with E-state index in [-0.39, 0.29) is 0 Å². The maximum absolute atomic E-state index is 6.12. The predicted octanol–water partition coefficient (Wildman–Crippen LogP) is 4.33. The van der Waals surface area contributed by atoms with Crippen LogP contribution in [0, 0.1) is 5.92 Å². The second kappa shape index (κ2) is 4.58. The number of fused-ring (bicyclic) bond motifs is 1. The molecule has 0 N–H and O–H groups in total. The minimum atomic E-state index is 0.625. The summed E-state index contributed by atoms with van der Waals surface area (Å²) < 4.78 is 2.26. The van der Waals surface area contributed by atoms with Gasteiger partial charge in [-0.25, -0.2) is 0 Å². The van der Waals surface area contributed by atoms with Gasteiger partial charge in [-0.05, 0) is 24.1 Å². The van der Waals surface area contributed by atoms with Gasteiger partial charge in [0.2, 0.25) is 0 Å². The van der Waals surface area contributed by atoms with Gasteiger partial charge in [0, 0.05) is 34.0 Å². The molecule has 1 nitrogen and oxygen atoms in total. The highest BCUT2D eigenvalue weighted by Gasteiger charge is 2.06. The molecule has 0 bridgehead atoms. The summed E-state index contributed by atoms with van der Waals surface area (Å²) in [4.78, 5) is 0. The molecule has 3 heteroatoms. The fraction of sp³-hybridized carbons (Fsp3) is 0.333. The molecule has 0 aliphatic rings. The fourth-order valence-corrected chi connectivity index (χ4v) is 2.17. The standard InChI is InChI=1S/C12H13BrClN/c1-9(7-13)8-15-6-5-10-11(14)3-2-4-12(10)15/h2-6,9H,7-8H2,1H3. The number of halogens is 2. The molecule has 0 saturated heterocycles. The van der Waals surface area contributed by atoms with Gasteiger partial charge in [-0.3, -0.25) is 0 Å². The lowest BCUT2D eigenvalue weighted by molar-refractivity contribution is 0.546. The minimum Gasteiger partial charge on any atom is -0.347 e. The van der Waals surface area contributed by atoms with Gasteiger partial charge >= 0.3 is 0 Å². The topological polar surface area (TPSA) is 4.93 Å². The van der Waals surface area contributed by atoms with Crippen LogP contribution in [0.25, 0.3) is 10.9 Å². The first-order valence-electron chi connectivity index (χ1n) is 5.01. The molecular weight excluding hydrogens is 273 g/mol. The Morgan fingerprint density at radius 3 is 2.93 bits per heavy atom. The minimum absolute atomic E-state index is 0.625. The molecule has 15 heavy (non-hydrogen) atoms. The van der Waals surface area contributed by atoms with Gasteiger partial charge in [-0.2, -0.15) is 0 Å². The number of hydrogen-bond acceptors (Lipinski definition) is 0. The van der Waals surface area contributed by atoms with Crippen LogP contribution in [-0.4, -0.2) is 9.90 Å². The Morgan fingerprint density at radius 2 is 2.20 bits per heavy atom. The van der Waals surface area contributed by atoms with Crippen molar-refractivity contribution in [2.75, 3.05) is 5.33 Å². The van der Waals surface area contributed by atoms with Crippen molar-refractivity contribution < 1.29 is 0 Å². The van der Waals surface area contributed by atoms with Gasteiger partial charge in [0.05, 0.1) is 0 Å². The molecule has 2 rings (SSSR count). The van der Waals surface area contributed by atoms with Crippen LogP contribution in [-0.2, 0) is 6.54 Å². The van der Waals surface area contributed by atoms with E-state index in [1.54, 1.807) is 0 Å². The average molecular weight is 287 g/mol. The third-order valence-electron chi connectivity index (χ3n) is 2.53. The van der Waals surface area contributed by atoms with E-state index in [1.165, 1.54) is 5.52 Å². The van der Waals surface area contributed by atoms with Gasteiger partial charge in [-0.15, -0.1) is 0 Å². The third kappa shape index (κ3) is 2.21. The van der Waals surface area contributed by atoms with Crippen LogP contribution in [0.4, 0.5) is 0 Å². The summed E-state index contributed by atoms with van der Waals surface area (Å²) in [6.45, 7) is 3.25. The van der Waals surface area contributed by atoms with Crippen molar-refractivity contribution in [1.29, 1.82) is 0 Å². The Labute approximate surface area is 103 Å². The molecule has 0 fully saturated rings. The largest absolute Gasteiger partial charge is 0.347 e. The van der Waals surface area contributed by atoms with E-state index >= 15 is 0 Å². The number of alkyl halides is 1. The Hall–Kier alpha value is -0.470. The van der Waals surface area contributed by atoms with Gasteiger partial charge in [0.1, 0.15) is 0 Å². The molecule has 0 saturated carbocycles. The lowest BCUT2D eigenvalue weighted by Crippen LogP contribution is -2.07. The number of nitrogens with zero attached hydrogens (tertiary/aromatic N) is 1. The Balaban J connectivity index is 2.41. The number of benzene rings is 1. The summed E-state index contributed by atoms with van der Waals surface area (Å²) in [6.07, 6.45) is 2.11. The van der Waals surface area contributed by atoms with E-state index in [0.29, 0.717) is 5.92 Å². The number of aromatic nitrogens is 1. The molecule has 2 aromatic rings. The maximum Gasteiger partial charge on any atom is 0.0499 e. The summed E-state index contributed by atoms with van der Waals surface area (Å²) in [5.74, 6) is 0.625. The molecule has 80 valence electrons. The Kier molecular flexibility index (Phi) is 3.37. The van der Waals surface area contributed by atoms with Crippen molar-refractivity contribution in [3.05, 3.63) is 35.5 Å². The zero-order valence-corrected chi connectivity index (χ0v) is 10.9. The lowest BCUT2D eigenvalue weighted by Gasteiger charge is -2.10. The van der Waals surface area contributed by atoms with E-state index in [2.05, 4.69) is 45.8 Å². The average Bonchev–Trinajstić information content (AvgIpc) is 2.63. The smallest absolute Gasteiger partial charge is 0.0499 e. The zero-order valence-electron chi connectivity index (χ0n) is 8.58. The van der Waals surface area contributed by atoms with E-state index in [9.17, 15) is 0 Å². The SMILES string of the molecule is CC(CBr)Cn1ccc2c(Cl)cccc21. The van der Waals surface area contributed by atoms with E-state index in [1.807, 2.05) is 12.1 Å². The highest BCUT2D eigenvalue weighted by molar-refractivity contribution is 9.09. The molecule has 1 heterocycles. The van der Waals surface area contributed by atoms with Crippen LogP contribution in [0.1, 0.15) is 6.92 Å². The van der Waals surface area contributed by atoms with Crippen molar-refractivity contribution >= 4 is 38.4 Å². The number of hydrogen-bond donors (Lipinski definition) is 0. The molecule has 1 unspecified atom stereocenters. The van der Waals surface area contributed by atoms with Crippen molar-refractivity contribution in [2.24, 2.45) is 5.92 Å². The lowest BCUT2D eigenvalue weighted by atomic mass is 10.2. The quantitative estimate of drug-likeness (QED) is 0.740. The monoisotopic (exact) mass is 285 g/mol. The summed E-state index contributed by atoms with van der Waals surface area (Å²) in [6, 6.07) is 8.13. The highest BCUT2D eigenvalue weighted by atomic mass is 79.9. The first-order valence-corrected chi connectivity index (χ1v) is 6.51. The van der Waals surface area contributed by atoms with Crippen molar-refractivity contribution in [1.82, 2.24) is 4.57 Å². The molecule has 0 aliphatic heterocycles. The normalized spacial score (nSPS) is 13.3. The summed E-state index contributed by atoms with van der Waals surface area (Å²) in [5, 5.41) is 2.99. The van der Waals surface area contributed by atoms with Gasteiger partial charge in [0.25, 0.3) is 0 Å². The van der Waals surface area contributed by atoms with Crippen LogP contribution >= 0.6 is 27.5 Å². The van der Waals surface area contributed by atoms with Crippen LogP contribution in [0.15, 0.2) is 30.5 Å². The molecule has 1 aromatic carbocycles. The molecule has 0 radical (unpaired) electrons. The van der Waals surface area contributed by atoms with E-state index in [4.69, 9.17) is 11.6 Å². The summed E-state index contributed by atoms with van der Waals surface area (Å²) in [5.41, 5.74) is 1.22. The third-order valence-corrected chi connectivity index (χ3v) is 3.97. The Morgan fingerprint density at radius 1 is 1.40 bits per heavy atom. The van der Waals surface area contributed by atoms with Crippen LogP contribution in [0.3, 0.4) is 0 Å². The van der Waals surface area contributed by atoms with Gasteiger partial charge in [-0.1, -0.05) is 40.5 Å². The molecule has 0 amide bonds. The summed E-state index contributed by atoms with van der Waals surface area (Å²) >= 11 is 9.62. The van der Waals surface area contributed by atoms with Crippen LogP contribution < -0.4 is 0 Å². The van der Waals surface area contributed by atoms with Crippen LogP contribution in [0.2, 0.25) is 5.02 Å². The predicted molar refractivity (Wildman–Crippen MR) is 69.9 cm³/mol. The van der Waals surface area contributed by atoms with Gasteiger partial charge < -0.3 is 4.57 Å². The molecule has 0 aliphatic carbocycles. The zero-order chi connectivity index (χ0) is 10.8. The molecule has 0 spiro atoms. The van der Waals surface area contributed by atoms with Crippen molar-refractivity contribution in [3.63, 3.8) is 0 Å². The first kappa shape index (κ1) is 11.0. The molecular formula is C12H13BrClN.